The van der Waals surface area contributed by atoms with E-state index in [1.54, 1.807) is 0 Å². The van der Waals surface area contributed by atoms with Gasteiger partial charge in [-0.1, -0.05) is 36.5 Å². The minimum absolute atomic E-state index is 0.124. The van der Waals surface area contributed by atoms with Gasteiger partial charge in [-0.15, -0.1) is 0 Å². The molecule has 2 aliphatic rings. The second kappa shape index (κ2) is 3.29. The van der Waals surface area contributed by atoms with Crippen LogP contribution in [0.3, 0.4) is 0 Å². The van der Waals surface area contributed by atoms with Crippen molar-refractivity contribution in [1.82, 2.24) is 10.6 Å². The van der Waals surface area contributed by atoms with E-state index in [9.17, 15) is 0 Å². The lowest BCUT2D eigenvalue weighted by atomic mass is 9.82. The summed E-state index contributed by atoms with van der Waals surface area (Å²) in [6, 6.07) is 8.51. The molecule has 0 saturated carbocycles. The van der Waals surface area contributed by atoms with Crippen LogP contribution < -0.4 is 10.6 Å². The van der Waals surface area contributed by atoms with Crippen LogP contribution in [0.4, 0.5) is 0 Å². The highest BCUT2D eigenvalue weighted by atomic mass is 32.1. The fourth-order valence-electron chi connectivity index (χ4n) is 2.70. The van der Waals surface area contributed by atoms with Crippen LogP contribution in [0.1, 0.15) is 24.0 Å². The number of piperidine rings is 1. The summed E-state index contributed by atoms with van der Waals surface area (Å²) in [6.45, 7) is 2.15. The van der Waals surface area contributed by atoms with Gasteiger partial charge in [-0.3, -0.25) is 0 Å². The lowest BCUT2D eigenvalue weighted by Gasteiger charge is -2.35. The first-order chi connectivity index (χ1) is 7.32. The maximum atomic E-state index is 5.40. The SMILES string of the molecule is S=C1NC2(CCNCC2)c2ccccc21. The van der Waals surface area contributed by atoms with Gasteiger partial charge in [0.25, 0.3) is 0 Å². The zero-order valence-electron chi connectivity index (χ0n) is 8.55. The van der Waals surface area contributed by atoms with E-state index in [1.807, 2.05) is 0 Å². The number of rotatable bonds is 0. The van der Waals surface area contributed by atoms with E-state index in [4.69, 9.17) is 12.2 Å². The highest BCUT2D eigenvalue weighted by molar-refractivity contribution is 7.80. The molecule has 0 radical (unpaired) electrons. The van der Waals surface area contributed by atoms with Gasteiger partial charge in [0.05, 0.1) is 5.54 Å². The van der Waals surface area contributed by atoms with Crippen LogP contribution in [0.5, 0.6) is 0 Å². The van der Waals surface area contributed by atoms with Crippen molar-refractivity contribution >= 4 is 17.2 Å². The summed E-state index contributed by atoms with van der Waals surface area (Å²) in [5.74, 6) is 0. The largest absolute Gasteiger partial charge is 0.366 e. The molecular weight excluding hydrogens is 204 g/mol. The maximum Gasteiger partial charge on any atom is 0.107 e. The molecular formula is C12H14N2S. The molecule has 3 heteroatoms. The molecule has 0 bridgehead atoms. The Bertz CT molecular complexity index is 408. The average Bonchev–Trinajstić information content (AvgIpc) is 2.55. The Labute approximate surface area is 95.1 Å². The highest BCUT2D eigenvalue weighted by Gasteiger charge is 2.41. The Morgan fingerprint density at radius 2 is 1.87 bits per heavy atom. The predicted molar refractivity (Wildman–Crippen MR) is 65.1 cm³/mol. The Morgan fingerprint density at radius 3 is 2.67 bits per heavy atom. The number of benzene rings is 1. The lowest BCUT2D eigenvalue weighted by molar-refractivity contribution is 0.294. The minimum atomic E-state index is 0.124. The molecule has 15 heavy (non-hydrogen) atoms. The summed E-state index contributed by atoms with van der Waals surface area (Å²) in [4.78, 5) is 0.924. The summed E-state index contributed by atoms with van der Waals surface area (Å²) < 4.78 is 0. The summed E-state index contributed by atoms with van der Waals surface area (Å²) in [7, 11) is 0. The molecule has 0 aliphatic carbocycles. The second-order valence-corrected chi connectivity index (χ2v) is 4.74. The van der Waals surface area contributed by atoms with Crippen molar-refractivity contribution in [1.29, 1.82) is 0 Å². The van der Waals surface area contributed by atoms with Crippen molar-refractivity contribution in [2.24, 2.45) is 0 Å². The summed E-state index contributed by atoms with van der Waals surface area (Å²) >= 11 is 5.40. The number of thiocarbonyl (C=S) groups is 1. The average molecular weight is 218 g/mol. The Morgan fingerprint density at radius 1 is 1.13 bits per heavy atom. The first kappa shape index (κ1) is 9.31. The van der Waals surface area contributed by atoms with Crippen LogP contribution in [0.15, 0.2) is 24.3 Å². The molecule has 2 N–H and O–H groups in total. The van der Waals surface area contributed by atoms with Gasteiger partial charge in [0.2, 0.25) is 0 Å². The standard InChI is InChI=1S/C12H14N2S/c15-11-9-3-1-2-4-10(9)12(14-11)5-7-13-8-6-12/h1-4,13H,5-8H2,(H,14,15). The molecule has 0 unspecified atom stereocenters. The van der Waals surface area contributed by atoms with Gasteiger partial charge < -0.3 is 10.6 Å². The van der Waals surface area contributed by atoms with Crippen LogP contribution >= 0.6 is 12.2 Å². The highest BCUT2D eigenvalue weighted by Crippen LogP contribution is 2.37. The number of nitrogens with one attached hydrogen (secondary N) is 2. The van der Waals surface area contributed by atoms with Crippen molar-refractivity contribution < 1.29 is 0 Å². The number of hydrogen-bond acceptors (Lipinski definition) is 2. The minimum Gasteiger partial charge on any atom is -0.366 e. The van der Waals surface area contributed by atoms with Crippen LogP contribution in [0.2, 0.25) is 0 Å². The molecule has 1 saturated heterocycles. The van der Waals surface area contributed by atoms with E-state index in [0.29, 0.717) is 0 Å². The topological polar surface area (TPSA) is 24.1 Å². The van der Waals surface area contributed by atoms with Gasteiger partial charge in [-0.25, -0.2) is 0 Å². The van der Waals surface area contributed by atoms with E-state index in [-0.39, 0.29) is 5.54 Å². The second-order valence-electron chi connectivity index (χ2n) is 4.33. The van der Waals surface area contributed by atoms with Gasteiger partial charge in [0, 0.05) is 5.56 Å². The molecule has 1 fully saturated rings. The van der Waals surface area contributed by atoms with Crippen molar-refractivity contribution in [3.05, 3.63) is 35.4 Å². The van der Waals surface area contributed by atoms with Gasteiger partial charge in [0.1, 0.15) is 4.99 Å². The smallest absolute Gasteiger partial charge is 0.107 e. The molecule has 2 aliphatic heterocycles. The summed E-state index contributed by atoms with van der Waals surface area (Å²) in [5, 5.41) is 6.92. The zero-order chi connectivity index (χ0) is 10.3. The molecule has 0 amide bonds. The summed E-state index contributed by atoms with van der Waals surface area (Å²) in [6.07, 6.45) is 2.26. The first-order valence-corrected chi connectivity index (χ1v) is 5.85. The molecule has 0 atom stereocenters. The zero-order valence-corrected chi connectivity index (χ0v) is 9.36. The van der Waals surface area contributed by atoms with E-state index in [0.717, 1.165) is 30.9 Å². The monoisotopic (exact) mass is 218 g/mol. The molecule has 2 nitrogen and oxygen atoms in total. The summed E-state index contributed by atoms with van der Waals surface area (Å²) in [5.41, 5.74) is 2.75. The van der Waals surface area contributed by atoms with E-state index in [2.05, 4.69) is 34.9 Å². The van der Waals surface area contributed by atoms with Gasteiger partial charge in [0.15, 0.2) is 0 Å². The molecule has 1 aromatic rings. The number of hydrogen-bond donors (Lipinski definition) is 2. The Hall–Kier alpha value is -0.930. The fourth-order valence-corrected chi connectivity index (χ4v) is 3.07. The predicted octanol–water partition coefficient (Wildman–Crippen LogP) is 1.54. The molecule has 1 aromatic carbocycles. The van der Waals surface area contributed by atoms with Crippen molar-refractivity contribution in [2.75, 3.05) is 13.1 Å². The van der Waals surface area contributed by atoms with Crippen LogP contribution in [0.25, 0.3) is 0 Å². The number of fused-ring (bicyclic) bond motifs is 2. The molecule has 78 valence electrons. The van der Waals surface area contributed by atoms with E-state index >= 15 is 0 Å². The Balaban J connectivity index is 2.10. The van der Waals surface area contributed by atoms with Gasteiger partial charge >= 0.3 is 0 Å². The molecule has 3 rings (SSSR count). The van der Waals surface area contributed by atoms with Crippen molar-refractivity contribution in [3.8, 4) is 0 Å². The normalized spacial score (nSPS) is 22.5. The first-order valence-electron chi connectivity index (χ1n) is 5.45. The van der Waals surface area contributed by atoms with E-state index < -0.39 is 0 Å². The van der Waals surface area contributed by atoms with Crippen molar-refractivity contribution in [3.63, 3.8) is 0 Å². The van der Waals surface area contributed by atoms with Gasteiger partial charge in [-0.2, -0.15) is 0 Å². The van der Waals surface area contributed by atoms with Crippen LogP contribution in [-0.2, 0) is 5.54 Å². The molecule has 0 aromatic heterocycles. The van der Waals surface area contributed by atoms with Crippen LogP contribution in [-0.4, -0.2) is 18.1 Å². The third kappa shape index (κ3) is 1.30. The van der Waals surface area contributed by atoms with Crippen molar-refractivity contribution in [2.45, 2.75) is 18.4 Å². The van der Waals surface area contributed by atoms with E-state index in [1.165, 1.54) is 11.1 Å². The Kier molecular flexibility index (Phi) is 2.04. The lowest BCUT2D eigenvalue weighted by Crippen LogP contribution is -2.47. The third-order valence-electron chi connectivity index (χ3n) is 3.50. The van der Waals surface area contributed by atoms with Crippen LogP contribution in [0, 0.1) is 0 Å². The molecule has 1 spiro atoms. The quantitative estimate of drug-likeness (QED) is 0.646. The van der Waals surface area contributed by atoms with Gasteiger partial charge in [-0.05, 0) is 31.5 Å². The third-order valence-corrected chi connectivity index (χ3v) is 3.82. The molecule has 2 heterocycles. The fraction of sp³-hybridized carbons (Fsp3) is 0.417. The maximum absolute atomic E-state index is 5.40.